The zero-order valence-corrected chi connectivity index (χ0v) is 17.2. The molecule has 0 aliphatic rings. The number of carbonyl (C=O) groups is 1. The third kappa shape index (κ3) is 5.65. The molecule has 0 bridgehead atoms. The van der Waals surface area contributed by atoms with Gasteiger partial charge in [0.25, 0.3) is 0 Å². The van der Waals surface area contributed by atoms with Crippen LogP contribution < -0.4 is 4.74 Å². The van der Waals surface area contributed by atoms with Crippen LogP contribution in [0.15, 0.2) is 61.2 Å². The molecule has 0 saturated carbocycles. The van der Waals surface area contributed by atoms with Crippen LogP contribution in [0, 0.1) is 0 Å². The van der Waals surface area contributed by atoms with Gasteiger partial charge in [0.05, 0.1) is 18.6 Å². The van der Waals surface area contributed by atoms with Crippen molar-refractivity contribution in [2.45, 2.75) is 30.4 Å². The Kier molecular flexibility index (Phi) is 7.94. The number of esters is 1. The molecule has 0 atom stereocenters. The zero-order chi connectivity index (χ0) is 25.8. The smallest absolute Gasteiger partial charge is 0.460 e. The topological polar surface area (TPSA) is 35.5 Å². The lowest BCUT2D eigenvalue weighted by Gasteiger charge is -2.33. The van der Waals surface area contributed by atoms with Crippen LogP contribution in [0.4, 0.5) is 39.5 Å². The summed E-state index contributed by atoms with van der Waals surface area (Å²) in [4.78, 5) is 11.9. The van der Waals surface area contributed by atoms with Crippen molar-refractivity contribution < 1.29 is 53.8 Å². The number of halogens is 9. The van der Waals surface area contributed by atoms with Crippen LogP contribution >= 0.6 is 0 Å². The van der Waals surface area contributed by atoms with Gasteiger partial charge >= 0.3 is 29.9 Å². The van der Waals surface area contributed by atoms with Gasteiger partial charge in [-0.1, -0.05) is 36.9 Å². The second kappa shape index (κ2) is 9.98. The summed E-state index contributed by atoms with van der Waals surface area (Å²) in [5.41, 5.74) is 1.16. The summed E-state index contributed by atoms with van der Waals surface area (Å²) in [6.07, 6.45) is -7.59. The van der Waals surface area contributed by atoms with Crippen molar-refractivity contribution in [3.63, 3.8) is 0 Å². The van der Waals surface area contributed by atoms with Crippen LogP contribution in [-0.4, -0.2) is 43.1 Å². The summed E-state index contributed by atoms with van der Waals surface area (Å²) < 4.78 is 125. The van der Waals surface area contributed by atoms with E-state index in [4.69, 9.17) is 4.74 Å². The quantitative estimate of drug-likeness (QED) is 0.202. The molecule has 0 aromatic heterocycles. The molecule has 2 aromatic rings. The van der Waals surface area contributed by atoms with Gasteiger partial charge in [-0.15, -0.1) is 0 Å². The molecule has 2 rings (SSSR count). The molecular weight excluding hydrogens is 483 g/mol. The summed E-state index contributed by atoms with van der Waals surface area (Å²) in [6, 6.07) is 12.2. The number of alkyl halides is 9. The summed E-state index contributed by atoms with van der Waals surface area (Å²) >= 11 is 0. The standard InChI is InChI=1S/C22H17F9O3/c1-2-12-33-17-9-7-15(8-10-17)14-3-5-16(6-4-14)18(32)34-13-11-19(23,24)20(25,26)21(27,28)22(29,30)31/h2-10H,1,11-13H2. The molecular formula is C22H17F9O3. The minimum atomic E-state index is -6.99. The van der Waals surface area contributed by atoms with E-state index in [1.807, 2.05) is 0 Å². The molecule has 186 valence electrons. The molecule has 0 unspecified atom stereocenters. The predicted octanol–water partition coefficient (Wildman–Crippen LogP) is 6.93. The van der Waals surface area contributed by atoms with Crippen molar-refractivity contribution in [3.05, 3.63) is 66.7 Å². The van der Waals surface area contributed by atoms with Crippen molar-refractivity contribution in [1.82, 2.24) is 0 Å². The van der Waals surface area contributed by atoms with E-state index in [0.717, 1.165) is 5.56 Å². The first-order chi connectivity index (χ1) is 15.6. The van der Waals surface area contributed by atoms with Crippen LogP contribution in [0.1, 0.15) is 16.8 Å². The molecule has 0 spiro atoms. The van der Waals surface area contributed by atoms with Crippen molar-refractivity contribution in [2.75, 3.05) is 13.2 Å². The summed E-state index contributed by atoms with van der Waals surface area (Å²) in [5.74, 6) is -20.2. The third-order valence-corrected chi connectivity index (χ3v) is 4.54. The molecule has 0 aliphatic carbocycles. The van der Waals surface area contributed by atoms with Gasteiger partial charge in [0.15, 0.2) is 0 Å². The maximum atomic E-state index is 13.5. The molecule has 0 amide bonds. The van der Waals surface area contributed by atoms with Crippen LogP contribution in [-0.2, 0) is 4.74 Å². The molecule has 12 heteroatoms. The van der Waals surface area contributed by atoms with Gasteiger partial charge in [0.1, 0.15) is 12.4 Å². The lowest BCUT2D eigenvalue weighted by Crippen LogP contribution is -2.61. The Morgan fingerprint density at radius 1 is 0.794 bits per heavy atom. The second-order valence-electron chi connectivity index (χ2n) is 6.94. The van der Waals surface area contributed by atoms with Crippen molar-refractivity contribution in [1.29, 1.82) is 0 Å². The molecule has 0 N–H and O–H groups in total. The average Bonchev–Trinajstić information content (AvgIpc) is 2.77. The van der Waals surface area contributed by atoms with Crippen molar-refractivity contribution in [2.24, 2.45) is 0 Å². The van der Waals surface area contributed by atoms with Gasteiger partial charge in [-0.05, 0) is 35.4 Å². The van der Waals surface area contributed by atoms with Gasteiger partial charge in [0, 0.05) is 0 Å². The fourth-order valence-electron chi connectivity index (χ4n) is 2.62. The van der Waals surface area contributed by atoms with Gasteiger partial charge in [-0.25, -0.2) is 4.79 Å². The van der Waals surface area contributed by atoms with Gasteiger partial charge in [-0.2, -0.15) is 39.5 Å². The highest BCUT2D eigenvalue weighted by Crippen LogP contribution is 2.53. The fourth-order valence-corrected chi connectivity index (χ4v) is 2.62. The molecule has 2 aromatic carbocycles. The summed E-state index contributed by atoms with van der Waals surface area (Å²) in [7, 11) is 0. The maximum Gasteiger partial charge on any atom is 0.460 e. The third-order valence-electron chi connectivity index (χ3n) is 4.54. The monoisotopic (exact) mass is 500 g/mol. The SMILES string of the molecule is C=CCOc1ccc(-c2ccc(C(=O)OCCC(F)(F)C(F)(F)C(F)(F)C(F)(F)F)cc2)cc1. The van der Waals surface area contributed by atoms with Crippen LogP contribution in [0.25, 0.3) is 11.1 Å². The number of ether oxygens (including phenoxy) is 2. The molecule has 0 radical (unpaired) electrons. The molecule has 0 aliphatic heterocycles. The van der Waals surface area contributed by atoms with Crippen molar-refractivity contribution >= 4 is 5.97 Å². The maximum absolute atomic E-state index is 13.5. The Morgan fingerprint density at radius 2 is 1.29 bits per heavy atom. The molecule has 34 heavy (non-hydrogen) atoms. The lowest BCUT2D eigenvalue weighted by molar-refractivity contribution is -0.397. The fraction of sp³-hybridized carbons (Fsp3) is 0.318. The van der Waals surface area contributed by atoms with E-state index >= 15 is 0 Å². The number of carbonyl (C=O) groups excluding carboxylic acids is 1. The van der Waals surface area contributed by atoms with Gasteiger partial charge in [0.2, 0.25) is 0 Å². The molecule has 3 nitrogen and oxygen atoms in total. The van der Waals surface area contributed by atoms with Gasteiger partial charge in [-0.3, -0.25) is 0 Å². The largest absolute Gasteiger partial charge is 0.490 e. The van der Waals surface area contributed by atoms with E-state index < -0.39 is 42.9 Å². The van der Waals surface area contributed by atoms with Crippen LogP contribution in [0.2, 0.25) is 0 Å². The molecule has 0 saturated heterocycles. The Bertz CT molecular complexity index is 982. The van der Waals surface area contributed by atoms with Crippen LogP contribution in [0.3, 0.4) is 0 Å². The predicted molar refractivity (Wildman–Crippen MR) is 103 cm³/mol. The first-order valence-corrected chi connectivity index (χ1v) is 9.45. The first-order valence-electron chi connectivity index (χ1n) is 9.45. The van der Waals surface area contributed by atoms with E-state index in [-0.39, 0.29) is 5.56 Å². The highest BCUT2D eigenvalue weighted by molar-refractivity contribution is 5.90. The van der Waals surface area contributed by atoms with Crippen molar-refractivity contribution in [3.8, 4) is 16.9 Å². The second-order valence-corrected chi connectivity index (χ2v) is 6.94. The lowest BCUT2D eigenvalue weighted by atomic mass is 10.0. The van der Waals surface area contributed by atoms with Gasteiger partial charge < -0.3 is 9.47 Å². The highest BCUT2D eigenvalue weighted by atomic mass is 19.4. The Hall–Kier alpha value is -3.18. The van der Waals surface area contributed by atoms with E-state index in [1.54, 1.807) is 30.3 Å². The average molecular weight is 500 g/mol. The van der Waals surface area contributed by atoms with E-state index in [2.05, 4.69) is 11.3 Å². The van der Waals surface area contributed by atoms with E-state index in [1.165, 1.54) is 24.3 Å². The zero-order valence-electron chi connectivity index (χ0n) is 17.2. The highest BCUT2D eigenvalue weighted by Gasteiger charge is 2.81. The molecule has 0 heterocycles. The first kappa shape index (κ1) is 27.1. The Labute approximate surface area is 187 Å². The number of benzene rings is 2. The summed E-state index contributed by atoms with van der Waals surface area (Å²) in [5, 5.41) is 0. The van der Waals surface area contributed by atoms with E-state index in [0.29, 0.717) is 17.9 Å². The summed E-state index contributed by atoms with van der Waals surface area (Å²) in [6.45, 7) is 2.30. The Morgan fingerprint density at radius 3 is 1.76 bits per heavy atom. The van der Waals surface area contributed by atoms with Crippen LogP contribution in [0.5, 0.6) is 5.75 Å². The number of hydrogen-bond donors (Lipinski definition) is 0. The Balaban J connectivity index is 1.99. The number of rotatable bonds is 10. The number of hydrogen-bond acceptors (Lipinski definition) is 3. The normalized spacial score (nSPS) is 12.9. The molecule has 0 fully saturated rings. The minimum Gasteiger partial charge on any atom is -0.490 e. The minimum absolute atomic E-state index is 0.189. The van der Waals surface area contributed by atoms with E-state index in [9.17, 15) is 44.3 Å².